The summed E-state index contributed by atoms with van der Waals surface area (Å²) in [5.41, 5.74) is 2.79. The predicted octanol–water partition coefficient (Wildman–Crippen LogP) is 4.27. The lowest BCUT2D eigenvalue weighted by Gasteiger charge is -2.52. The van der Waals surface area contributed by atoms with Crippen molar-refractivity contribution in [2.24, 2.45) is 0 Å². The standard InChI is InChI=1S/C33H32N4O4/c38-28-14-11-23(12-15-28)19-29-32(40)35(21-25-10-13-26-8-4-5-9-27(26)18-25)22-30-36(17-16-31(39)37(29)30)33(41)34-20-24-6-2-1-3-7-24/h1-15,18,29-30,38H,16-17,19-22H2,(H,34,41). The van der Waals surface area contributed by atoms with Crippen LogP contribution in [0.2, 0.25) is 0 Å². The fourth-order valence-electron chi connectivity index (χ4n) is 5.85. The summed E-state index contributed by atoms with van der Waals surface area (Å²) in [7, 11) is 0. The van der Waals surface area contributed by atoms with Crippen LogP contribution in [0.25, 0.3) is 10.8 Å². The summed E-state index contributed by atoms with van der Waals surface area (Å²) in [6.45, 7) is 1.24. The molecular weight excluding hydrogens is 516 g/mol. The molecule has 2 saturated heterocycles. The number of nitrogens with one attached hydrogen (secondary N) is 1. The van der Waals surface area contributed by atoms with Crippen LogP contribution in [0, 0.1) is 0 Å². The van der Waals surface area contributed by atoms with Gasteiger partial charge in [0.15, 0.2) is 0 Å². The van der Waals surface area contributed by atoms with Crippen molar-refractivity contribution in [3.05, 3.63) is 114 Å². The Kier molecular flexibility index (Phi) is 7.29. The van der Waals surface area contributed by atoms with Crippen LogP contribution in [0.15, 0.2) is 97.1 Å². The second kappa shape index (κ2) is 11.3. The number of carbonyl (C=O) groups is 3. The predicted molar refractivity (Wildman–Crippen MR) is 156 cm³/mol. The van der Waals surface area contributed by atoms with E-state index >= 15 is 0 Å². The van der Waals surface area contributed by atoms with Crippen LogP contribution in [0.4, 0.5) is 4.79 Å². The van der Waals surface area contributed by atoms with Gasteiger partial charge in [-0.25, -0.2) is 4.79 Å². The molecule has 41 heavy (non-hydrogen) atoms. The van der Waals surface area contributed by atoms with E-state index in [9.17, 15) is 19.5 Å². The van der Waals surface area contributed by atoms with Gasteiger partial charge >= 0.3 is 6.03 Å². The lowest BCUT2D eigenvalue weighted by molar-refractivity contribution is -0.167. The van der Waals surface area contributed by atoms with Crippen molar-refractivity contribution < 1.29 is 19.5 Å². The number of benzene rings is 4. The molecule has 2 aliphatic heterocycles. The van der Waals surface area contributed by atoms with E-state index < -0.39 is 12.2 Å². The van der Waals surface area contributed by atoms with E-state index in [1.807, 2.05) is 60.7 Å². The van der Waals surface area contributed by atoms with Crippen molar-refractivity contribution in [2.45, 2.75) is 38.1 Å². The van der Waals surface area contributed by atoms with Crippen LogP contribution < -0.4 is 5.32 Å². The van der Waals surface area contributed by atoms with Gasteiger partial charge in [0.2, 0.25) is 11.8 Å². The van der Waals surface area contributed by atoms with E-state index in [0.29, 0.717) is 13.1 Å². The Balaban J connectivity index is 1.30. The molecule has 2 aliphatic rings. The first-order valence-electron chi connectivity index (χ1n) is 13.9. The number of nitrogens with zero attached hydrogens (tertiary/aromatic N) is 3. The minimum atomic E-state index is -0.768. The maximum atomic E-state index is 14.0. The van der Waals surface area contributed by atoms with E-state index in [-0.39, 0.29) is 49.5 Å². The van der Waals surface area contributed by atoms with Gasteiger partial charge in [0.05, 0.1) is 6.54 Å². The number of urea groups is 1. The van der Waals surface area contributed by atoms with Gasteiger partial charge in [-0.05, 0) is 45.7 Å². The molecule has 0 spiro atoms. The molecule has 0 saturated carbocycles. The van der Waals surface area contributed by atoms with Crippen molar-refractivity contribution in [2.75, 3.05) is 13.1 Å². The number of phenols is 1. The Hall–Kier alpha value is -4.85. The summed E-state index contributed by atoms with van der Waals surface area (Å²) >= 11 is 0. The normalized spacial score (nSPS) is 18.9. The third kappa shape index (κ3) is 5.59. The number of hydrogen-bond donors (Lipinski definition) is 2. The number of fused-ring (bicyclic) bond motifs is 2. The van der Waals surface area contributed by atoms with E-state index in [1.165, 1.54) is 0 Å². The number of carbonyl (C=O) groups excluding carboxylic acids is 3. The van der Waals surface area contributed by atoms with Crippen molar-refractivity contribution in [3.8, 4) is 5.75 Å². The van der Waals surface area contributed by atoms with Crippen molar-refractivity contribution in [1.29, 1.82) is 0 Å². The molecule has 0 aliphatic carbocycles. The van der Waals surface area contributed by atoms with Crippen molar-refractivity contribution in [3.63, 3.8) is 0 Å². The first-order chi connectivity index (χ1) is 20.0. The summed E-state index contributed by atoms with van der Waals surface area (Å²) < 4.78 is 0. The number of phenolic OH excluding ortho intramolecular Hbond substituents is 1. The zero-order valence-corrected chi connectivity index (χ0v) is 22.6. The zero-order chi connectivity index (χ0) is 28.3. The molecular formula is C33H32N4O4. The average Bonchev–Trinajstić information content (AvgIpc) is 2.99. The molecule has 2 fully saturated rings. The molecule has 208 valence electrons. The fraction of sp³-hybridized carbons (Fsp3) is 0.242. The van der Waals surface area contributed by atoms with Gasteiger partial charge in [0.25, 0.3) is 0 Å². The van der Waals surface area contributed by atoms with E-state index in [1.54, 1.807) is 39.0 Å². The minimum Gasteiger partial charge on any atom is -0.508 e. The highest BCUT2D eigenvalue weighted by atomic mass is 16.3. The molecule has 0 radical (unpaired) electrons. The topological polar surface area (TPSA) is 93.2 Å². The Bertz CT molecular complexity index is 1570. The monoisotopic (exact) mass is 548 g/mol. The number of aromatic hydroxyl groups is 1. The molecule has 4 aromatic rings. The van der Waals surface area contributed by atoms with Crippen LogP contribution in [-0.2, 0) is 29.1 Å². The zero-order valence-electron chi connectivity index (χ0n) is 22.6. The molecule has 8 heteroatoms. The molecule has 0 bridgehead atoms. The summed E-state index contributed by atoms with van der Waals surface area (Å²) in [5, 5.41) is 15.0. The maximum Gasteiger partial charge on any atom is 0.319 e. The van der Waals surface area contributed by atoms with E-state index in [4.69, 9.17) is 0 Å². The smallest absolute Gasteiger partial charge is 0.319 e. The highest BCUT2D eigenvalue weighted by Crippen LogP contribution is 2.29. The molecule has 2 N–H and O–H groups in total. The molecule has 0 aromatic heterocycles. The lowest BCUT2D eigenvalue weighted by atomic mass is 9.97. The quantitative estimate of drug-likeness (QED) is 0.377. The fourth-order valence-corrected chi connectivity index (χ4v) is 5.85. The summed E-state index contributed by atoms with van der Waals surface area (Å²) in [4.78, 5) is 45.9. The number of rotatable bonds is 6. The Morgan fingerprint density at radius 3 is 2.32 bits per heavy atom. The van der Waals surface area contributed by atoms with Crippen molar-refractivity contribution >= 4 is 28.6 Å². The van der Waals surface area contributed by atoms with Gasteiger partial charge in [-0.3, -0.25) is 9.59 Å². The summed E-state index contributed by atoms with van der Waals surface area (Å²) in [6, 6.07) is 29.6. The Labute approximate surface area is 238 Å². The van der Waals surface area contributed by atoms with Gasteiger partial charge in [-0.15, -0.1) is 0 Å². The highest BCUT2D eigenvalue weighted by molar-refractivity contribution is 5.91. The SMILES string of the molecule is O=C1C(Cc2ccc(O)cc2)N2C(=O)CCN(C(=O)NCc3ccccc3)C2CN1Cc1ccc2ccccc2c1. The van der Waals surface area contributed by atoms with Crippen LogP contribution in [-0.4, -0.2) is 62.9 Å². The molecule has 2 atom stereocenters. The number of piperazine rings is 1. The summed E-state index contributed by atoms with van der Waals surface area (Å²) in [5.74, 6) is -0.151. The molecule has 2 heterocycles. The van der Waals surface area contributed by atoms with Crippen LogP contribution in [0.1, 0.15) is 23.1 Å². The first kappa shape index (κ1) is 26.4. The first-order valence-corrected chi connectivity index (χ1v) is 13.9. The third-order valence-electron chi connectivity index (χ3n) is 7.95. The molecule has 2 unspecified atom stereocenters. The number of amides is 4. The maximum absolute atomic E-state index is 14.0. The van der Waals surface area contributed by atoms with E-state index in [2.05, 4.69) is 17.4 Å². The Morgan fingerprint density at radius 1 is 0.829 bits per heavy atom. The molecule has 4 aromatic carbocycles. The van der Waals surface area contributed by atoms with E-state index in [0.717, 1.165) is 27.5 Å². The second-order valence-electron chi connectivity index (χ2n) is 10.7. The van der Waals surface area contributed by atoms with Crippen LogP contribution in [0.5, 0.6) is 5.75 Å². The third-order valence-corrected chi connectivity index (χ3v) is 7.95. The minimum absolute atomic E-state index is 0.134. The van der Waals surface area contributed by atoms with Crippen LogP contribution in [0.3, 0.4) is 0 Å². The van der Waals surface area contributed by atoms with Gasteiger partial charge in [-0.1, -0.05) is 78.9 Å². The van der Waals surface area contributed by atoms with Crippen LogP contribution >= 0.6 is 0 Å². The largest absolute Gasteiger partial charge is 0.508 e. The van der Waals surface area contributed by atoms with Gasteiger partial charge in [0.1, 0.15) is 18.0 Å². The molecule has 8 nitrogen and oxygen atoms in total. The molecule has 4 amide bonds. The lowest BCUT2D eigenvalue weighted by Crippen LogP contribution is -2.72. The molecule has 6 rings (SSSR count). The highest BCUT2D eigenvalue weighted by Gasteiger charge is 2.48. The average molecular weight is 549 g/mol. The van der Waals surface area contributed by atoms with Gasteiger partial charge < -0.3 is 25.1 Å². The Morgan fingerprint density at radius 2 is 1.54 bits per heavy atom. The van der Waals surface area contributed by atoms with Gasteiger partial charge in [0, 0.05) is 32.5 Å². The number of hydrogen-bond acceptors (Lipinski definition) is 4. The van der Waals surface area contributed by atoms with Gasteiger partial charge in [-0.2, -0.15) is 0 Å². The second-order valence-corrected chi connectivity index (χ2v) is 10.7. The summed E-state index contributed by atoms with van der Waals surface area (Å²) in [6.07, 6.45) is -0.152. The van der Waals surface area contributed by atoms with Crippen molar-refractivity contribution in [1.82, 2.24) is 20.0 Å².